The van der Waals surface area contributed by atoms with Crippen LogP contribution < -0.4 is 10.5 Å². The summed E-state index contributed by atoms with van der Waals surface area (Å²) in [7, 11) is 1.66. The van der Waals surface area contributed by atoms with Crippen molar-refractivity contribution in [2.24, 2.45) is 0 Å². The van der Waals surface area contributed by atoms with E-state index in [4.69, 9.17) is 15.5 Å². The number of methoxy groups -OCH3 is 1. The largest absolute Gasteiger partial charge is 0.497 e. The zero-order valence-electron chi connectivity index (χ0n) is 13.0. The summed E-state index contributed by atoms with van der Waals surface area (Å²) in [6.07, 6.45) is 1.96. The van der Waals surface area contributed by atoms with Crippen LogP contribution in [0.15, 0.2) is 22.7 Å². The first-order valence-corrected chi connectivity index (χ1v) is 7.99. The molecule has 0 fully saturated rings. The number of rotatable bonds is 5. The average molecular weight is 352 g/mol. The van der Waals surface area contributed by atoms with Crippen molar-refractivity contribution in [1.82, 2.24) is 9.55 Å². The highest BCUT2D eigenvalue weighted by Gasteiger charge is 2.19. The number of benzene rings is 1. The van der Waals surface area contributed by atoms with Crippen molar-refractivity contribution in [2.75, 3.05) is 12.8 Å². The van der Waals surface area contributed by atoms with Crippen molar-refractivity contribution in [3.63, 3.8) is 0 Å². The highest BCUT2D eigenvalue weighted by molar-refractivity contribution is 9.10. The number of imidazole rings is 1. The van der Waals surface area contributed by atoms with Crippen molar-refractivity contribution in [3.8, 4) is 17.0 Å². The number of nitrogen functional groups attached to an aromatic ring is 1. The number of halogens is 1. The molecule has 0 bridgehead atoms. The lowest BCUT2D eigenvalue weighted by atomic mass is 10.1. The lowest BCUT2D eigenvalue weighted by molar-refractivity contribution is 0.415. The SMILES string of the molecule is CCCc1nc(-c2cc(OC)ccc2Br)c(N)n1C(C)C. The molecule has 5 heteroatoms. The van der Waals surface area contributed by atoms with E-state index < -0.39 is 0 Å². The summed E-state index contributed by atoms with van der Waals surface area (Å²) in [5.41, 5.74) is 8.15. The Morgan fingerprint density at radius 1 is 1.38 bits per heavy atom. The van der Waals surface area contributed by atoms with Crippen molar-refractivity contribution in [1.29, 1.82) is 0 Å². The Hall–Kier alpha value is -1.49. The van der Waals surface area contributed by atoms with E-state index in [0.717, 1.165) is 40.1 Å². The molecule has 21 heavy (non-hydrogen) atoms. The Bertz CT molecular complexity index is 635. The van der Waals surface area contributed by atoms with E-state index >= 15 is 0 Å². The molecule has 1 aromatic heterocycles. The number of aromatic nitrogens is 2. The lowest BCUT2D eigenvalue weighted by Gasteiger charge is -2.13. The number of hydrogen-bond acceptors (Lipinski definition) is 3. The molecule has 1 aromatic carbocycles. The maximum Gasteiger partial charge on any atom is 0.132 e. The predicted molar refractivity (Wildman–Crippen MR) is 90.7 cm³/mol. The average Bonchev–Trinajstić information content (AvgIpc) is 2.76. The van der Waals surface area contributed by atoms with Gasteiger partial charge in [-0.15, -0.1) is 0 Å². The van der Waals surface area contributed by atoms with E-state index in [1.165, 1.54) is 0 Å². The van der Waals surface area contributed by atoms with Crippen LogP contribution in [0.4, 0.5) is 5.82 Å². The van der Waals surface area contributed by atoms with Gasteiger partial charge < -0.3 is 15.0 Å². The van der Waals surface area contributed by atoms with Gasteiger partial charge in [0.25, 0.3) is 0 Å². The van der Waals surface area contributed by atoms with Gasteiger partial charge in [0.2, 0.25) is 0 Å². The number of anilines is 1. The number of nitrogens with zero attached hydrogens (tertiary/aromatic N) is 2. The Labute approximate surface area is 134 Å². The fourth-order valence-electron chi connectivity index (χ4n) is 2.48. The lowest BCUT2D eigenvalue weighted by Crippen LogP contribution is -2.09. The van der Waals surface area contributed by atoms with Crippen LogP contribution in [0.5, 0.6) is 5.75 Å². The topological polar surface area (TPSA) is 53.1 Å². The third-order valence-corrected chi connectivity index (χ3v) is 4.13. The van der Waals surface area contributed by atoms with Crippen LogP contribution in [0.25, 0.3) is 11.3 Å². The molecule has 0 aliphatic rings. The van der Waals surface area contributed by atoms with Gasteiger partial charge in [0.15, 0.2) is 0 Å². The second kappa shape index (κ2) is 6.52. The highest BCUT2D eigenvalue weighted by Crippen LogP contribution is 2.36. The first kappa shape index (κ1) is 15.9. The molecule has 2 rings (SSSR count). The number of nitrogens with two attached hydrogens (primary N) is 1. The predicted octanol–water partition coefficient (Wildman–Crippen LogP) is 4.44. The van der Waals surface area contributed by atoms with Crippen LogP contribution in [0.2, 0.25) is 0 Å². The zero-order valence-corrected chi connectivity index (χ0v) is 14.6. The first-order valence-electron chi connectivity index (χ1n) is 7.20. The monoisotopic (exact) mass is 351 g/mol. The standard InChI is InChI=1S/C16H22BrN3O/c1-5-6-14-19-15(16(18)20(14)10(2)3)12-9-11(21-4)7-8-13(12)17/h7-10H,5-6,18H2,1-4H3. The van der Waals surface area contributed by atoms with Crippen LogP contribution in [0.3, 0.4) is 0 Å². The minimum absolute atomic E-state index is 0.289. The maximum atomic E-state index is 6.37. The van der Waals surface area contributed by atoms with E-state index in [-0.39, 0.29) is 6.04 Å². The molecule has 4 nitrogen and oxygen atoms in total. The molecule has 2 N–H and O–H groups in total. The van der Waals surface area contributed by atoms with Crippen LogP contribution >= 0.6 is 15.9 Å². The molecule has 1 heterocycles. The summed E-state index contributed by atoms with van der Waals surface area (Å²) in [4.78, 5) is 4.78. The second-order valence-corrected chi connectivity index (χ2v) is 6.18. The van der Waals surface area contributed by atoms with Crippen LogP contribution in [0.1, 0.15) is 39.1 Å². The molecule has 0 amide bonds. The zero-order chi connectivity index (χ0) is 15.6. The van der Waals surface area contributed by atoms with Crippen molar-refractivity contribution < 1.29 is 4.74 Å². The summed E-state index contributed by atoms with van der Waals surface area (Å²) in [5, 5.41) is 0. The minimum atomic E-state index is 0.289. The first-order chi connectivity index (χ1) is 9.99. The van der Waals surface area contributed by atoms with Crippen LogP contribution in [-0.2, 0) is 6.42 Å². The third kappa shape index (κ3) is 3.07. The number of aryl methyl sites for hydroxylation is 1. The molecule has 0 saturated carbocycles. The highest BCUT2D eigenvalue weighted by atomic mass is 79.9. The van der Waals surface area contributed by atoms with E-state index in [9.17, 15) is 0 Å². The van der Waals surface area contributed by atoms with Gasteiger partial charge in [-0.25, -0.2) is 4.98 Å². The van der Waals surface area contributed by atoms with E-state index in [0.29, 0.717) is 5.82 Å². The van der Waals surface area contributed by atoms with Crippen molar-refractivity contribution >= 4 is 21.7 Å². The Morgan fingerprint density at radius 3 is 2.67 bits per heavy atom. The molecule has 0 spiro atoms. The van der Waals surface area contributed by atoms with Gasteiger partial charge >= 0.3 is 0 Å². The molecule has 114 valence electrons. The third-order valence-electron chi connectivity index (χ3n) is 3.44. The summed E-state index contributed by atoms with van der Waals surface area (Å²) in [5.74, 6) is 2.54. The molecule has 0 unspecified atom stereocenters. The molecular weight excluding hydrogens is 330 g/mol. The number of hydrogen-bond donors (Lipinski definition) is 1. The van der Waals surface area contributed by atoms with E-state index in [1.54, 1.807) is 7.11 Å². The molecular formula is C16H22BrN3O. The quantitative estimate of drug-likeness (QED) is 0.866. The van der Waals surface area contributed by atoms with Gasteiger partial charge in [0.1, 0.15) is 23.1 Å². The molecule has 0 radical (unpaired) electrons. The fourth-order valence-corrected chi connectivity index (χ4v) is 2.91. The van der Waals surface area contributed by atoms with Gasteiger partial charge in [-0.3, -0.25) is 0 Å². The fraction of sp³-hybridized carbons (Fsp3) is 0.438. The summed E-state index contributed by atoms with van der Waals surface area (Å²) in [6.45, 7) is 6.40. The molecule has 0 aliphatic carbocycles. The molecule has 0 saturated heterocycles. The minimum Gasteiger partial charge on any atom is -0.497 e. The van der Waals surface area contributed by atoms with Gasteiger partial charge in [-0.05, 0) is 38.5 Å². The van der Waals surface area contributed by atoms with Crippen molar-refractivity contribution in [2.45, 2.75) is 39.7 Å². The Balaban J connectivity index is 2.61. The van der Waals surface area contributed by atoms with Gasteiger partial charge in [0.05, 0.1) is 7.11 Å². The van der Waals surface area contributed by atoms with Gasteiger partial charge in [0, 0.05) is 22.5 Å². The van der Waals surface area contributed by atoms with Crippen LogP contribution in [0, 0.1) is 0 Å². The second-order valence-electron chi connectivity index (χ2n) is 5.32. The normalized spacial score (nSPS) is 11.1. The summed E-state index contributed by atoms with van der Waals surface area (Å²) < 4.78 is 8.39. The molecule has 0 aliphatic heterocycles. The number of ether oxygens (including phenoxy) is 1. The van der Waals surface area contributed by atoms with Crippen LogP contribution in [-0.4, -0.2) is 16.7 Å². The molecule has 2 aromatic rings. The maximum absolute atomic E-state index is 6.37. The Morgan fingerprint density at radius 2 is 2.10 bits per heavy atom. The summed E-state index contributed by atoms with van der Waals surface area (Å²) in [6, 6.07) is 6.12. The van der Waals surface area contributed by atoms with Gasteiger partial charge in [-0.1, -0.05) is 22.9 Å². The Kier molecular flexibility index (Phi) is 4.93. The van der Waals surface area contributed by atoms with E-state index in [1.807, 2.05) is 18.2 Å². The van der Waals surface area contributed by atoms with Crippen molar-refractivity contribution in [3.05, 3.63) is 28.5 Å². The summed E-state index contributed by atoms with van der Waals surface area (Å²) >= 11 is 3.58. The molecule has 0 atom stereocenters. The van der Waals surface area contributed by atoms with Gasteiger partial charge in [-0.2, -0.15) is 0 Å². The van der Waals surface area contributed by atoms with E-state index in [2.05, 4.69) is 41.3 Å². The smallest absolute Gasteiger partial charge is 0.132 e.